The highest BCUT2D eigenvalue weighted by Gasteiger charge is 2.43. The van der Waals surface area contributed by atoms with Crippen molar-refractivity contribution in [2.45, 2.75) is 20.3 Å². The number of carbonyl (C=O) groups excluding carboxylic acids is 1. The molecule has 2 unspecified atom stereocenters. The molecule has 0 bridgehead atoms. The SMILES string of the molecule is CC1C[N+]2(CCN(CCc3ccc([N+](=O)[O-])cc3)CC2)CC(C)C1=O. The first-order chi connectivity index (χ1) is 11.9. The Balaban J connectivity index is 1.49. The Morgan fingerprint density at radius 2 is 1.68 bits per heavy atom. The molecule has 136 valence electrons. The highest BCUT2D eigenvalue weighted by molar-refractivity contribution is 5.83. The Kier molecular flexibility index (Phi) is 5.20. The third-order valence-corrected chi connectivity index (χ3v) is 5.94. The minimum atomic E-state index is -0.358. The van der Waals surface area contributed by atoms with E-state index in [-0.39, 0.29) is 22.4 Å². The molecular weight excluding hydrogens is 318 g/mol. The van der Waals surface area contributed by atoms with Gasteiger partial charge in [0.05, 0.1) is 42.9 Å². The second-order valence-corrected chi connectivity index (χ2v) is 7.87. The van der Waals surface area contributed by atoms with Crippen molar-refractivity contribution in [2.24, 2.45) is 11.8 Å². The minimum absolute atomic E-state index is 0.149. The first-order valence-corrected chi connectivity index (χ1v) is 9.23. The summed E-state index contributed by atoms with van der Waals surface area (Å²) in [5.74, 6) is 0.815. The number of Topliss-reactive ketones (excluding diaryl/α,β-unsaturated/α-hetero) is 1. The number of non-ortho nitro benzene ring substituents is 1. The molecule has 3 rings (SSSR count). The second-order valence-electron chi connectivity index (χ2n) is 7.87. The van der Waals surface area contributed by atoms with Crippen molar-refractivity contribution in [3.05, 3.63) is 39.9 Å². The van der Waals surface area contributed by atoms with Crippen LogP contribution in [0.3, 0.4) is 0 Å². The molecule has 6 nitrogen and oxygen atoms in total. The summed E-state index contributed by atoms with van der Waals surface area (Å²) in [7, 11) is 0. The monoisotopic (exact) mass is 346 g/mol. The Bertz CT molecular complexity index is 620. The lowest BCUT2D eigenvalue weighted by atomic mass is 9.87. The van der Waals surface area contributed by atoms with Crippen LogP contribution in [0, 0.1) is 22.0 Å². The van der Waals surface area contributed by atoms with E-state index in [1.54, 1.807) is 12.1 Å². The molecule has 0 aromatic heterocycles. The van der Waals surface area contributed by atoms with E-state index in [1.807, 2.05) is 12.1 Å². The number of hydrogen-bond donors (Lipinski definition) is 0. The molecule has 25 heavy (non-hydrogen) atoms. The normalized spacial score (nSPS) is 26.7. The van der Waals surface area contributed by atoms with Crippen molar-refractivity contribution in [1.82, 2.24) is 4.90 Å². The van der Waals surface area contributed by atoms with Crippen LogP contribution in [-0.2, 0) is 11.2 Å². The summed E-state index contributed by atoms with van der Waals surface area (Å²) in [6.45, 7) is 11.5. The van der Waals surface area contributed by atoms with Gasteiger partial charge < -0.3 is 4.48 Å². The fourth-order valence-electron chi connectivity index (χ4n) is 4.49. The molecule has 1 aromatic rings. The Hall–Kier alpha value is -1.79. The van der Waals surface area contributed by atoms with Gasteiger partial charge in [0.2, 0.25) is 0 Å². The lowest BCUT2D eigenvalue weighted by Crippen LogP contribution is -2.66. The fraction of sp³-hybridized carbons (Fsp3) is 0.632. The summed E-state index contributed by atoms with van der Waals surface area (Å²) >= 11 is 0. The molecule has 2 saturated heterocycles. The molecule has 2 fully saturated rings. The molecule has 0 amide bonds. The molecule has 0 aliphatic carbocycles. The average molecular weight is 346 g/mol. The number of ketones is 1. The highest BCUT2D eigenvalue weighted by atomic mass is 16.6. The van der Waals surface area contributed by atoms with Crippen LogP contribution < -0.4 is 0 Å². The van der Waals surface area contributed by atoms with Crippen LogP contribution in [0.5, 0.6) is 0 Å². The number of quaternary nitrogens is 1. The highest BCUT2D eigenvalue weighted by Crippen LogP contribution is 2.26. The van der Waals surface area contributed by atoms with Crippen molar-refractivity contribution in [1.29, 1.82) is 0 Å². The van der Waals surface area contributed by atoms with Crippen molar-refractivity contribution in [2.75, 3.05) is 45.8 Å². The maximum atomic E-state index is 12.1. The van der Waals surface area contributed by atoms with E-state index in [1.165, 1.54) is 0 Å². The van der Waals surface area contributed by atoms with Crippen LogP contribution in [0.2, 0.25) is 0 Å². The summed E-state index contributed by atoms with van der Waals surface area (Å²) in [6, 6.07) is 6.88. The number of carbonyl (C=O) groups is 1. The van der Waals surface area contributed by atoms with Crippen molar-refractivity contribution in [3.63, 3.8) is 0 Å². The predicted molar refractivity (Wildman–Crippen MR) is 96.3 cm³/mol. The molecule has 2 aliphatic heterocycles. The van der Waals surface area contributed by atoms with E-state index in [9.17, 15) is 14.9 Å². The van der Waals surface area contributed by atoms with Crippen LogP contribution >= 0.6 is 0 Å². The maximum absolute atomic E-state index is 12.1. The molecule has 2 heterocycles. The quantitative estimate of drug-likeness (QED) is 0.476. The molecule has 2 aliphatic rings. The molecule has 6 heteroatoms. The van der Waals surface area contributed by atoms with Crippen LogP contribution in [-0.4, -0.2) is 65.9 Å². The van der Waals surface area contributed by atoms with Crippen LogP contribution in [0.4, 0.5) is 5.69 Å². The first-order valence-electron chi connectivity index (χ1n) is 9.23. The van der Waals surface area contributed by atoms with E-state index in [4.69, 9.17) is 0 Å². The number of nitro benzene ring substituents is 1. The zero-order chi connectivity index (χ0) is 18.0. The van der Waals surface area contributed by atoms with Crippen LogP contribution in [0.25, 0.3) is 0 Å². The van der Waals surface area contributed by atoms with Gasteiger partial charge in [-0.3, -0.25) is 19.8 Å². The van der Waals surface area contributed by atoms with Gasteiger partial charge in [-0.15, -0.1) is 0 Å². The third kappa shape index (κ3) is 4.07. The van der Waals surface area contributed by atoms with Gasteiger partial charge in [-0.25, -0.2) is 0 Å². The minimum Gasteiger partial charge on any atom is -0.320 e. The summed E-state index contributed by atoms with van der Waals surface area (Å²) < 4.78 is 1.10. The number of nitro groups is 1. The first kappa shape index (κ1) is 18.0. The Labute approximate surface area is 149 Å². The lowest BCUT2D eigenvalue weighted by molar-refractivity contribution is -0.938. The number of nitrogens with zero attached hydrogens (tertiary/aromatic N) is 3. The average Bonchev–Trinajstić information content (AvgIpc) is 2.60. The third-order valence-electron chi connectivity index (χ3n) is 5.94. The molecule has 0 saturated carbocycles. The summed E-state index contributed by atoms with van der Waals surface area (Å²) in [4.78, 5) is 24.9. The van der Waals surface area contributed by atoms with Crippen molar-refractivity contribution in [3.8, 4) is 0 Å². The second kappa shape index (κ2) is 7.22. The lowest BCUT2D eigenvalue weighted by Gasteiger charge is -2.49. The van der Waals surface area contributed by atoms with Gasteiger partial charge in [-0.1, -0.05) is 26.0 Å². The van der Waals surface area contributed by atoms with E-state index in [2.05, 4.69) is 18.7 Å². The molecule has 1 spiro atoms. The topological polar surface area (TPSA) is 63.4 Å². The standard InChI is InChI=1S/C19H28N3O3/c1-15-13-22(14-16(2)19(15)23)11-9-20(10-12-22)8-7-17-3-5-18(6-4-17)21(24)25/h3-6,15-16H,7-14H2,1-2H3/q+1. The maximum Gasteiger partial charge on any atom is 0.269 e. The van der Waals surface area contributed by atoms with E-state index < -0.39 is 0 Å². The van der Waals surface area contributed by atoms with E-state index in [0.29, 0.717) is 5.78 Å². The number of benzene rings is 1. The number of rotatable bonds is 4. The van der Waals surface area contributed by atoms with E-state index >= 15 is 0 Å². The predicted octanol–water partition coefficient (Wildman–Crippen LogP) is 2.12. The van der Waals surface area contributed by atoms with Gasteiger partial charge >= 0.3 is 0 Å². The number of piperazine rings is 1. The largest absolute Gasteiger partial charge is 0.320 e. The van der Waals surface area contributed by atoms with Gasteiger partial charge in [0.1, 0.15) is 5.78 Å². The Morgan fingerprint density at radius 1 is 1.12 bits per heavy atom. The smallest absolute Gasteiger partial charge is 0.269 e. The summed E-state index contributed by atoms with van der Waals surface area (Å²) in [6.07, 6.45) is 0.920. The van der Waals surface area contributed by atoms with Crippen LogP contribution in [0.15, 0.2) is 24.3 Å². The van der Waals surface area contributed by atoms with Gasteiger partial charge in [0.25, 0.3) is 5.69 Å². The summed E-state index contributed by atoms with van der Waals surface area (Å²) in [5.41, 5.74) is 1.29. The fourth-order valence-corrected chi connectivity index (χ4v) is 4.49. The van der Waals surface area contributed by atoms with Crippen molar-refractivity contribution < 1.29 is 14.2 Å². The zero-order valence-electron chi connectivity index (χ0n) is 15.2. The van der Waals surface area contributed by atoms with Gasteiger partial charge in [0.15, 0.2) is 0 Å². The molecule has 0 N–H and O–H groups in total. The number of hydrogen-bond acceptors (Lipinski definition) is 4. The van der Waals surface area contributed by atoms with Gasteiger partial charge in [0, 0.05) is 31.8 Å². The Morgan fingerprint density at radius 3 is 2.20 bits per heavy atom. The summed E-state index contributed by atoms with van der Waals surface area (Å²) in [5, 5.41) is 10.7. The van der Waals surface area contributed by atoms with Crippen LogP contribution in [0.1, 0.15) is 19.4 Å². The number of piperidine rings is 1. The van der Waals surface area contributed by atoms with Gasteiger partial charge in [-0.2, -0.15) is 0 Å². The van der Waals surface area contributed by atoms with Crippen molar-refractivity contribution >= 4 is 11.5 Å². The molecule has 2 atom stereocenters. The van der Waals surface area contributed by atoms with Gasteiger partial charge in [-0.05, 0) is 12.0 Å². The van der Waals surface area contributed by atoms with E-state index in [0.717, 1.165) is 62.3 Å². The molecule has 0 radical (unpaired) electrons. The molecule has 1 aromatic carbocycles. The zero-order valence-corrected chi connectivity index (χ0v) is 15.2. The molecular formula is C19H28N3O3+.